The Kier molecular flexibility index (Phi) is 5.21. The van der Waals surface area contributed by atoms with E-state index < -0.39 is 6.04 Å². The molecule has 0 aliphatic carbocycles. The monoisotopic (exact) mass is 463 g/mol. The molecule has 34 heavy (non-hydrogen) atoms. The number of hydrogen-bond donors (Lipinski definition) is 0. The molecule has 5 aromatic heterocycles. The minimum Gasteiger partial charge on any atom is -0.463 e. The van der Waals surface area contributed by atoms with Gasteiger partial charge in [-0.25, -0.2) is 19.9 Å². The average Bonchev–Trinajstić information content (AvgIpc) is 3.64. The zero-order valence-electron chi connectivity index (χ0n) is 17.8. The van der Waals surface area contributed by atoms with Crippen molar-refractivity contribution in [3.63, 3.8) is 0 Å². The fourth-order valence-corrected chi connectivity index (χ4v) is 4.67. The molecule has 1 aliphatic heterocycles. The van der Waals surface area contributed by atoms with E-state index in [1.54, 1.807) is 48.5 Å². The fraction of sp³-hybridized carbons (Fsp3) is 0.0400. The summed E-state index contributed by atoms with van der Waals surface area (Å²) in [5.74, 6) is 1.94. The molecule has 0 fully saturated rings. The first kappa shape index (κ1) is 20.1. The van der Waals surface area contributed by atoms with Crippen LogP contribution in [0, 0.1) is 0 Å². The van der Waals surface area contributed by atoms with Gasteiger partial charge in [0.05, 0.1) is 22.5 Å². The van der Waals surface area contributed by atoms with Gasteiger partial charge in [-0.2, -0.15) is 5.10 Å². The van der Waals surface area contributed by atoms with Crippen LogP contribution in [0.25, 0.3) is 11.4 Å². The molecule has 0 spiro atoms. The molecule has 5 aromatic rings. The number of rotatable bonds is 5. The number of anilines is 1. The standard InChI is InChI=1S/C25H17N7OS/c1-2-11-26-20(10-1)32-23(19-9-5-16-34-19)22(18-8-4-15-33-18)30-21(17-7-3-14-29-31-17)24(32)25-27-12-6-13-28-25/h1-16,24H. The molecule has 0 bridgehead atoms. The van der Waals surface area contributed by atoms with Crippen LogP contribution in [0.15, 0.2) is 107 Å². The third-order valence-corrected chi connectivity index (χ3v) is 6.16. The summed E-state index contributed by atoms with van der Waals surface area (Å²) >= 11 is 1.62. The SMILES string of the molecule is c1ccc(N2C(c3cccs3)=C(c3ccco3)N=C(c3cccnn3)C2c2ncccn2)nc1. The molecule has 0 saturated heterocycles. The number of furan rings is 1. The second-order valence-electron chi connectivity index (χ2n) is 7.33. The van der Waals surface area contributed by atoms with Crippen LogP contribution in [0.3, 0.4) is 0 Å². The Hall–Kier alpha value is -4.50. The molecule has 1 unspecified atom stereocenters. The highest BCUT2D eigenvalue weighted by molar-refractivity contribution is 7.11. The second kappa shape index (κ2) is 8.80. The molecule has 0 saturated carbocycles. The summed E-state index contributed by atoms with van der Waals surface area (Å²) in [7, 11) is 0. The number of thiophene rings is 1. The topological polar surface area (TPSA) is 93.2 Å². The van der Waals surface area contributed by atoms with Crippen molar-refractivity contribution in [3.8, 4) is 0 Å². The van der Waals surface area contributed by atoms with Gasteiger partial charge in [-0.15, -0.1) is 16.4 Å². The molecule has 6 rings (SSSR count). The maximum atomic E-state index is 5.84. The van der Waals surface area contributed by atoms with E-state index in [9.17, 15) is 0 Å². The highest BCUT2D eigenvalue weighted by atomic mass is 32.1. The lowest BCUT2D eigenvalue weighted by Gasteiger charge is -2.37. The number of aliphatic imine (C=N–C) groups is 1. The van der Waals surface area contributed by atoms with E-state index in [0.29, 0.717) is 28.7 Å². The van der Waals surface area contributed by atoms with Crippen LogP contribution in [0.4, 0.5) is 5.82 Å². The summed E-state index contributed by atoms with van der Waals surface area (Å²) in [5, 5.41) is 10.5. The predicted octanol–water partition coefficient (Wildman–Crippen LogP) is 4.89. The van der Waals surface area contributed by atoms with Gasteiger partial charge in [-0.05, 0) is 53.9 Å². The normalized spacial score (nSPS) is 15.9. The van der Waals surface area contributed by atoms with Crippen molar-refractivity contribution in [3.05, 3.63) is 119 Å². The maximum Gasteiger partial charge on any atom is 0.157 e. The number of nitrogens with zero attached hydrogens (tertiary/aromatic N) is 7. The average molecular weight is 464 g/mol. The molecule has 1 atom stereocenters. The van der Waals surface area contributed by atoms with Crippen LogP contribution in [0.5, 0.6) is 0 Å². The van der Waals surface area contributed by atoms with Crippen molar-refractivity contribution >= 4 is 34.3 Å². The minimum atomic E-state index is -0.497. The largest absolute Gasteiger partial charge is 0.463 e. The van der Waals surface area contributed by atoms with Crippen molar-refractivity contribution in [2.45, 2.75) is 6.04 Å². The van der Waals surface area contributed by atoms with Gasteiger partial charge in [0.2, 0.25) is 0 Å². The number of aromatic nitrogens is 5. The quantitative estimate of drug-likeness (QED) is 0.366. The molecule has 6 heterocycles. The maximum absolute atomic E-state index is 5.84. The van der Waals surface area contributed by atoms with E-state index in [0.717, 1.165) is 16.4 Å². The summed E-state index contributed by atoms with van der Waals surface area (Å²) in [6, 6.07) is 18.6. The van der Waals surface area contributed by atoms with Gasteiger partial charge < -0.3 is 9.32 Å². The molecule has 9 heteroatoms. The highest BCUT2D eigenvalue weighted by Crippen LogP contribution is 2.44. The summed E-state index contributed by atoms with van der Waals surface area (Å²) in [5.41, 5.74) is 2.80. The van der Waals surface area contributed by atoms with E-state index in [1.807, 2.05) is 53.9 Å². The molecular weight excluding hydrogens is 446 g/mol. The Bertz CT molecular complexity index is 1440. The van der Waals surface area contributed by atoms with E-state index in [4.69, 9.17) is 14.4 Å². The second-order valence-corrected chi connectivity index (χ2v) is 8.27. The molecule has 0 aromatic carbocycles. The van der Waals surface area contributed by atoms with Gasteiger partial charge in [0.15, 0.2) is 11.6 Å². The van der Waals surface area contributed by atoms with Crippen molar-refractivity contribution in [2.75, 3.05) is 4.90 Å². The van der Waals surface area contributed by atoms with Crippen molar-refractivity contribution in [2.24, 2.45) is 4.99 Å². The van der Waals surface area contributed by atoms with Crippen LogP contribution in [-0.4, -0.2) is 30.9 Å². The molecular formula is C25H17N7OS. The molecule has 164 valence electrons. The Morgan fingerprint density at radius 2 is 1.74 bits per heavy atom. The van der Waals surface area contributed by atoms with Gasteiger partial charge in [-0.3, -0.25) is 0 Å². The van der Waals surface area contributed by atoms with Gasteiger partial charge in [0, 0.05) is 24.8 Å². The van der Waals surface area contributed by atoms with Crippen LogP contribution in [0.2, 0.25) is 0 Å². The lowest BCUT2D eigenvalue weighted by molar-refractivity contribution is 0.551. The number of pyridine rings is 1. The summed E-state index contributed by atoms with van der Waals surface area (Å²) < 4.78 is 5.84. The first-order chi connectivity index (χ1) is 16.9. The molecule has 0 radical (unpaired) electrons. The Morgan fingerprint density at radius 1 is 0.824 bits per heavy atom. The van der Waals surface area contributed by atoms with E-state index in [-0.39, 0.29) is 0 Å². The summed E-state index contributed by atoms with van der Waals surface area (Å²) in [4.78, 5) is 22.2. The Balaban J connectivity index is 1.71. The summed E-state index contributed by atoms with van der Waals surface area (Å²) in [6.07, 6.45) is 8.50. The van der Waals surface area contributed by atoms with E-state index in [1.165, 1.54) is 0 Å². The molecule has 0 amide bonds. The molecule has 1 aliphatic rings. The first-order valence-electron chi connectivity index (χ1n) is 10.6. The highest BCUT2D eigenvalue weighted by Gasteiger charge is 2.40. The van der Waals surface area contributed by atoms with Crippen molar-refractivity contribution in [1.29, 1.82) is 0 Å². The zero-order chi connectivity index (χ0) is 22.7. The predicted molar refractivity (Wildman–Crippen MR) is 130 cm³/mol. The van der Waals surface area contributed by atoms with E-state index >= 15 is 0 Å². The van der Waals surface area contributed by atoms with Crippen LogP contribution >= 0.6 is 11.3 Å². The lowest BCUT2D eigenvalue weighted by atomic mass is 9.99. The third-order valence-electron chi connectivity index (χ3n) is 5.28. The Morgan fingerprint density at radius 3 is 2.44 bits per heavy atom. The Labute approximate surface area is 199 Å². The van der Waals surface area contributed by atoms with Crippen molar-refractivity contribution in [1.82, 2.24) is 25.1 Å². The minimum absolute atomic E-state index is 0.497. The van der Waals surface area contributed by atoms with Gasteiger partial charge in [-0.1, -0.05) is 12.1 Å². The van der Waals surface area contributed by atoms with Gasteiger partial charge in [0.1, 0.15) is 23.3 Å². The zero-order valence-corrected chi connectivity index (χ0v) is 18.6. The summed E-state index contributed by atoms with van der Waals surface area (Å²) in [6.45, 7) is 0. The smallest absolute Gasteiger partial charge is 0.157 e. The van der Waals surface area contributed by atoms with Gasteiger partial charge >= 0.3 is 0 Å². The third kappa shape index (κ3) is 3.57. The number of hydrogen-bond acceptors (Lipinski definition) is 9. The van der Waals surface area contributed by atoms with Crippen LogP contribution in [0.1, 0.15) is 28.2 Å². The lowest BCUT2D eigenvalue weighted by Crippen LogP contribution is -2.38. The van der Waals surface area contributed by atoms with Crippen LogP contribution < -0.4 is 4.90 Å². The van der Waals surface area contributed by atoms with E-state index in [2.05, 4.69) is 31.1 Å². The first-order valence-corrected chi connectivity index (χ1v) is 11.4. The van der Waals surface area contributed by atoms with Gasteiger partial charge in [0.25, 0.3) is 0 Å². The van der Waals surface area contributed by atoms with Crippen molar-refractivity contribution < 1.29 is 4.42 Å². The molecule has 0 N–H and O–H groups in total. The fourth-order valence-electron chi connectivity index (χ4n) is 3.90. The molecule has 8 nitrogen and oxygen atoms in total. The van der Waals surface area contributed by atoms with Crippen LogP contribution in [-0.2, 0) is 0 Å².